The molecule has 2 heterocycles. The lowest BCUT2D eigenvalue weighted by Crippen LogP contribution is -2.51. The van der Waals surface area contributed by atoms with Gasteiger partial charge in [0.15, 0.2) is 0 Å². The molecule has 3 N–H and O–H groups in total. The third kappa shape index (κ3) is 3.58. The average Bonchev–Trinajstić information content (AvgIpc) is 3.33. The highest BCUT2D eigenvalue weighted by atomic mass is 16.4. The number of aliphatic hydroxyl groups excluding tert-OH is 2. The Balaban J connectivity index is 1.43. The minimum atomic E-state index is -0.712. The van der Waals surface area contributed by atoms with E-state index in [1.165, 1.54) is 12.8 Å². The van der Waals surface area contributed by atoms with E-state index >= 15 is 0 Å². The third-order valence-corrected chi connectivity index (χ3v) is 8.10. The molecule has 0 aromatic rings. The normalized spacial score (nSPS) is 45.9. The van der Waals surface area contributed by atoms with Crippen LogP contribution in [0.25, 0.3) is 0 Å². The van der Waals surface area contributed by atoms with Crippen LogP contribution >= 0.6 is 0 Å². The molecule has 0 radical (unpaired) electrons. The molecule has 0 aromatic heterocycles. The van der Waals surface area contributed by atoms with Crippen molar-refractivity contribution in [1.29, 1.82) is 0 Å². The molecule has 0 amide bonds. The van der Waals surface area contributed by atoms with E-state index in [0.29, 0.717) is 24.3 Å². The maximum atomic E-state index is 11.7. The summed E-state index contributed by atoms with van der Waals surface area (Å²) in [5.74, 6) is 0.759. The smallest absolute Gasteiger partial charge is 0.320 e. The second-order valence-corrected chi connectivity index (χ2v) is 9.46. The molecule has 4 rings (SSSR count). The van der Waals surface area contributed by atoms with Gasteiger partial charge < -0.3 is 15.3 Å². The van der Waals surface area contributed by atoms with Crippen molar-refractivity contribution in [3.63, 3.8) is 0 Å². The van der Waals surface area contributed by atoms with Crippen LogP contribution in [0.3, 0.4) is 0 Å². The molecule has 4 aliphatic rings. The lowest BCUT2D eigenvalue weighted by Gasteiger charge is -2.38. The SMILES string of the molecule is CCC1CCC([C@@H](O)/C=C/[C@@H]2[C@H]3CC4CCCC(C(=O)O)N4[C@@H]3C[C@H]2O)C1. The first-order chi connectivity index (χ1) is 13.0. The second kappa shape index (κ2) is 7.84. The number of aliphatic hydroxyl groups is 2. The van der Waals surface area contributed by atoms with Crippen molar-refractivity contribution in [2.45, 2.75) is 95.0 Å². The quantitative estimate of drug-likeness (QED) is 0.642. The maximum absolute atomic E-state index is 11.7. The molecule has 4 unspecified atom stereocenters. The van der Waals surface area contributed by atoms with E-state index < -0.39 is 18.2 Å². The van der Waals surface area contributed by atoms with E-state index in [1.807, 2.05) is 6.08 Å². The number of rotatable bonds is 5. The van der Waals surface area contributed by atoms with Crippen molar-refractivity contribution in [1.82, 2.24) is 4.90 Å². The zero-order valence-electron chi connectivity index (χ0n) is 16.4. The third-order valence-electron chi connectivity index (χ3n) is 8.10. The predicted octanol–water partition coefficient (Wildman–Crippen LogP) is 2.81. The average molecular weight is 378 g/mol. The zero-order valence-corrected chi connectivity index (χ0v) is 16.4. The summed E-state index contributed by atoms with van der Waals surface area (Å²) >= 11 is 0. The lowest BCUT2D eigenvalue weighted by atomic mass is 9.88. The zero-order chi connectivity index (χ0) is 19.1. The summed E-state index contributed by atoms with van der Waals surface area (Å²) in [6.45, 7) is 2.23. The number of nitrogens with zero attached hydrogens (tertiary/aromatic N) is 1. The van der Waals surface area contributed by atoms with Gasteiger partial charge in [-0.25, -0.2) is 0 Å². The van der Waals surface area contributed by atoms with Gasteiger partial charge in [0.2, 0.25) is 0 Å². The summed E-state index contributed by atoms with van der Waals surface area (Å²) in [5, 5.41) is 30.9. The van der Waals surface area contributed by atoms with E-state index in [9.17, 15) is 20.1 Å². The number of aliphatic carboxylic acids is 1. The van der Waals surface area contributed by atoms with Crippen molar-refractivity contribution in [2.24, 2.45) is 23.7 Å². The van der Waals surface area contributed by atoms with Crippen molar-refractivity contribution in [2.75, 3.05) is 0 Å². The Kier molecular flexibility index (Phi) is 5.64. The number of carboxylic acids is 1. The van der Waals surface area contributed by atoms with E-state index in [1.54, 1.807) is 0 Å². The Hall–Kier alpha value is -0.910. The van der Waals surface area contributed by atoms with Crippen LogP contribution in [0.1, 0.15) is 64.7 Å². The fraction of sp³-hybridized carbons (Fsp3) is 0.864. The van der Waals surface area contributed by atoms with Gasteiger partial charge >= 0.3 is 5.97 Å². The molecule has 2 aliphatic heterocycles. The molecule has 0 bridgehead atoms. The summed E-state index contributed by atoms with van der Waals surface area (Å²) in [7, 11) is 0. The maximum Gasteiger partial charge on any atom is 0.320 e. The predicted molar refractivity (Wildman–Crippen MR) is 103 cm³/mol. The van der Waals surface area contributed by atoms with E-state index in [2.05, 4.69) is 17.9 Å². The van der Waals surface area contributed by atoms with Gasteiger partial charge in [0.1, 0.15) is 6.04 Å². The Morgan fingerprint density at radius 3 is 2.70 bits per heavy atom. The summed E-state index contributed by atoms with van der Waals surface area (Å²) < 4.78 is 0. The van der Waals surface area contributed by atoms with E-state index in [0.717, 1.165) is 44.4 Å². The Labute approximate surface area is 162 Å². The number of fused-ring (bicyclic) bond motifs is 3. The minimum Gasteiger partial charge on any atom is -0.480 e. The Morgan fingerprint density at radius 1 is 1.19 bits per heavy atom. The Morgan fingerprint density at radius 2 is 2.00 bits per heavy atom. The highest BCUT2D eigenvalue weighted by Gasteiger charge is 2.55. The molecule has 2 aliphatic carbocycles. The van der Waals surface area contributed by atoms with Crippen LogP contribution in [-0.4, -0.2) is 56.5 Å². The minimum absolute atomic E-state index is 0.0491. The molecule has 5 nitrogen and oxygen atoms in total. The second-order valence-electron chi connectivity index (χ2n) is 9.46. The molecular formula is C22H35NO4. The molecule has 0 aromatic carbocycles. The molecule has 0 spiro atoms. The van der Waals surface area contributed by atoms with Crippen LogP contribution in [-0.2, 0) is 4.79 Å². The topological polar surface area (TPSA) is 81.0 Å². The summed E-state index contributed by atoms with van der Waals surface area (Å²) in [6, 6.07) is 0.140. The number of carbonyl (C=O) groups is 1. The van der Waals surface area contributed by atoms with Crippen LogP contribution in [0.4, 0.5) is 0 Å². The number of hydrogen-bond acceptors (Lipinski definition) is 4. The van der Waals surface area contributed by atoms with E-state index in [4.69, 9.17) is 0 Å². The van der Waals surface area contributed by atoms with Gasteiger partial charge in [-0.3, -0.25) is 9.69 Å². The molecule has 2 saturated heterocycles. The van der Waals surface area contributed by atoms with Crippen LogP contribution in [0.5, 0.6) is 0 Å². The molecule has 4 fully saturated rings. The number of carboxylic acid groups (broad SMARTS) is 1. The van der Waals surface area contributed by atoms with Gasteiger partial charge in [-0.15, -0.1) is 0 Å². The Bertz CT molecular complexity index is 579. The van der Waals surface area contributed by atoms with Crippen molar-refractivity contribution < 1.29 is 20.1 Å². The molecule has 5 heteroatoms. The van der Waals surface area contributed by atoms with Gasteiger partial charge in [0, 0.05) is 18.0 Å². The molecule has 27 heavy (non-hydrogen) atoms. The first kappa shape index (κ1) is 19.4. The fourth-order valence-corrected chi connectivity index (χ4v) is 6.65. The van der Waals surface area contributed by atoms with Crippen molar-refractivity contribution in [3.8, 4) is 0 Å². The molecule has 2 saturated carbocycles. The van der Waals surface area contributed by atoms with Gasteiger partial charge in [0.25, 0.3) is 0 Å². The lowest BCUT2D eigenvalue weighted by molar-refractivity contribution is -0.146. The number of piperidine rings is 1. The van der Waals surface area contributed by atoms with Crippen LogP contribution in [0.2, 0.25) is 0 Å². The van der Waals surface area contributed by atoms with Crippen LogP contribution in [0.15, 0.2) is 12.2 Å². The first-order valence-electron chi connectivity index (χ1n) is 11.0. The van der Waals surface area contributed by atoms with Crippen LogP contribution in [0, 0.1) is 23.7 Å². The summed E-state index contributed by atoms with van der Waals surface area (Å²) in [4.78, 5) is 13.9. The van der Waals surface area contributed by atoms with Crippen molar-refractivity contribution >= 4 is 5.97 Å². The standard InChI is InChI=1S/C22H35NO4/c1-2-13-6-7-14(10-13)20(24)9-8-16-17-11-15-4-3-5-18(22(26)27)23(15)19(17)12-21(16)25/h8-9,13-21,24-25H,2-7,10-12H2,1H3,(H,26,27)/b9-8+/t13?,14?,15?,16-,17-,18?,19-,20+,21-/m1/s1. The monoisotopic (exact) mass is 377 g/mol. The fourth-order valence-electron chi connectivity index (χ4n) is 6.65. The largest absolute Gasteiger partial charge is 0.480 e. The van der Waals surface area contributed by atoms with Gasteiger partial charge in [-0.1, -0.05) is 31.9 Å². The van der Waals surface area contributed by atoms with Gasteiger partial charge in [-0.2, -0.15) is 0 Å². The molecular weight excluding hydrogens is 342 g/mol. The van der Waals surface area contributed by atoms with E-state index in [-0.39, 0.29) is 18.0 Å². The van der Waals surface area contributed by atoms with Gasteiger partial charge in [-0.05, 0) is 62.7 Å². The summed E-state index contributed by atoms with van der Waals surface area (Å²) in [6.07, 6.45) is 12.2. The molecule has 152 valence electrons. The highest BCUT2D eigenvalue weighted by Crippen LogP contribution is 2.49. The summed E-state index contributed by atoms with van der Waals surface area (Å²) in [5.41, 5.74) is 0. The van der Waals surface area contributed by atoms with Crippen LogP contribution < -0.4 is 0 Å². The van der Waals surface area contributed by atoms with Gasteiger partial charge in [0.05, 0.1) is 12.2 Å². The van der Waals surface area contributed by atoms with Crippen molar-refractivity contribution in [3.05, 3.63) is 12.2 Å². The highest BCUT2D eigenvalue weighted by molar-refractivity contribution is 5.73. The number of hydrogen-bond donors (Lipinski definition) is 3. The first-order valence-corrected chi connectivity index (χ1v) is 11.0. The molecule has 9 atom stereocenters.